The van der Waals surface area contributed by atoms with Crippen molar-refractivity contribution in [2.24, 2.45) is 11.3 Å². The molecule has 7 rings (SSSR count). The van der Waals surface area contributed by atoms with Crippen molar-refractivity contribution in [2.75, 3.05) is 20.8 Å². The molecule has 0 heterocycles. The number of urea groups is 1. The predicted molar refractivity (Wildman–Crippen MR) is 218 cm³/mol. The van der Waals surface area contributed by atoms with Crippen LogP contribution in [-0.4, -0.2) is 59.4 Å². The lowest BCUT2D eigenvalue weighted by atomic mass is 9.64. The number of carbonyl (C=O) groups is 2. The normalized spacial score (nSPS) is 25.3. The maximum absolute atomic E-state index is 14.5. The zero-order valence-electron chi connectivity index (χ0n) is 33.6. The third-order valence-corrected chi connectivity index (χ3v) is 13.1. The Labute approximate surface area is 328 Å². The Morgan fingerprint density at radius 3 is 2.44 bits per heavy atom. The first-order valence-electron chi connectivity index (χ1n) is 20.5. The molecule has 3 aromatic rings. The number of aliphatic hydroxyl groups excluding tert-OH is 1. The van der Waals surface area contributed by atoms with Gasteiger partial charge < -0.3 is 29.9 Å². The molecule has 55 heavy (non-hydrogen) atoms. The SMILES string of the molecule is COc1ccc(CN(CC2(O)CCC3c4ccc(cc4C(=O)C4CCCCC4)CC(O)CCC(C)=CCCC32C)C(=O)NC(C)c2ccccc2)c(OC)c1. The highest BCUT2D eigenvalue weighted by Gasteiger charge is 2.58. The number of hydrogen-bond acceptors (Lipinski definition) is 6. The van der Waals surface area contributed by atoms with E-state index in [1.54, 1.807) is 19.1 Å². The van der Waals surface area contributed by atoms with E-state index < -0.39 is 17.1 Å². The first kappa shape index (κ1) is 40.5. The molecule has 0 aliphatic heterocycles. The molecule has 2 bridgehead atoms. The minimum Gasteiger partial charge on any atom is -0.497 e. The number of carbonyl (C=O) groups excluding carboxylic acids is 2. The standard InChI is InChI=1S/C47H62N2O6/c1-32-13-12-25-46(3)42(40-23-19-34(27-38(50)21-18-32)28-41(40)44(51)36-16-10-7-11-17-36)24-26-47(46,53)31-49(30-37-20-22-39(54-4)29-43(37)55-5)45(52)48-33(2)35-14-8-6-9-15-35/h6,8-9,13-15,19-20,22-23,28-29,33,36,38,42,50,53H,7,10-12,16-18,21,24-27,30-31H2,1-5H3,(H,48,52). The molecule has 0 radical (unpaired) electrons. The van der Waals surface area contributed by atoms with Gasteiger partial charge in [0.05, 0.1) is 45.1 Å². The summed E-state index contributed by atoms with van der Waals surface area (Å²) in [6.45, 7) is 6.59. The molecule has 5 atom stereocenters. The summed E-state index contributed by atoms with van der Waals surface area (Å²) in [6, 6.07) is 21.2. The van der Waals surface area contributed by atoms with Crippen molar-refractivity contribution in [3.63, 3.8) is 0 Å². The molecule has 5 unspecified atom stereocenters. The van der Waals surface area contributed by atoms with Gasteiger partial charge in [-0.15, -0.1) is 0 Å². The summed E-state index contributed by atoms with van der Waals surface area (Å²) < 4.78 is 11.2. The van der Waals surface area contributed by atoms with Crippen molar-refractivity contribution in [3.05, 3.63) is 106 Å². The minimum absolute atomic E-state index is 0.00560. The van der Waals surface area contributed by atoms with Crippen LogP contribution >= 0.6 is 0 Å². The largest absolute Gasteiger partial charge is 0.497 e. The number of Topliss-reactive ketones (excluding diaryl/α,β-unsaturated/α-hetero) is 1. The molecule has 3 N–H and O–H groups in total. The number of fused-ring (bicyclic) bond motifs is 8. The van der Waals surface area contributed by atoms with E-state index in [4.69, 9.17) is 9.47 Å². The number of amides is 2. The van der Waals surface area contributed by atoms with Crippen molar-refractivity contribution in [2.45, 2.75) is 128 Å². The van der Waals surface area contributed by atoms with Crippen LogP contribution < -0.4 is 14.8 Å². The van der Waals surface area contributed by atoms with Crippen molar-refractivity contribution >= 4 is 11.8 Å². The molecule has 4 aliphatic rings. The summed E-state index contributed by atoms with van der Waals surface area (Å²) in [6.07, 6.45) is 11.4. The zero-order chi connectivity index (χ0) is 39.2. The highest BCUT2D eigenvalue weighted by molar-refractivity contribution is 5.99. The van der Waals surface area contributed by atoms with Crippen LogP contribution in [0.25, 0.3) is 0 Å². The second-order valence-corrected chi connectivity index (χ2v) is 16.8. The molecule has 296 valence electrons. The highest BCUT2D eigenvalue weighted by atomic mass is 16.5. The Balaban J connectivity index is 1.40. The number of methoxy groups -OCH3 is 2. The van der Waals surface area contributed by atoms with E-state index in [9.17, 15) is 19.8 Å². The lowest BCUT2D eigenvalue weighted by molar-refractivity contribution is -0.0781. The lowest BCUT2D eigenvalue weighted by Crippen LogP contribution is -2.55. The van der Waals surface area contributed by atoms with E-state index >= 15 is 0 Å². The molecule has 3 aromatic carbocycles. The van der Waals surface area contributed by atoms with Gasteiger partial charge in [0.25, 0.3) is 0 Å². The molecule has 2 fully saturated rings. The molecule has 8 heteroatoms. The number of ether oxygens (including phenoxy) is 2. The van der Waals surface area contributed by atoms with E-state index in [-0.39, 0.29) is 42.8 Å². The number of aliphatic hydroxyl groups is 2. The summed E-state index contributed by atoms with van der Waals surface area (Å²) in [4.78, 5) is 30.7. The van der Waals surface area contributed by atoms with Crippen LogP contribution in [0.1, 0.15) is 136 Å². The topological polar surface area (TPSA) is 108 Å². The van der Waals surface area contributed by atoms with Crippen LogP contribution in [-0.2, 0) is 13.0 Å². The van der Waals surface area contributed by atoms with E-state index in [1.807, 2.05) is 55.5 Å². The number of nitrogens with zero attached hydrogens (tertiary/aromatic N) is 1. The lowest BCUT2D eigenvalue weighted by Gasteiger charge is -2.46. The highest BCUT2D eigenvalue weighted by Crippen LogP contribution is 2.59. The Morgan fingerprint density at radius 2 is 1.71 bits per heavy atom. The number of nitrogens with one attached hydrogen (secondary N) is 1. The van der Waals surface area contributed by atoms with Crippen LogP contribution in [0.3, 0.4) is 0 Å². The predicted octanol–water partition coefficient (Wildman–Crippen LogP) is 9.48. The monoisotopic (exact) mass is 750 g/mol. The van der Waals surface area contributed by atoms with Gasteiger partial charge >= 0.3 is 6.03 Å². The van der Waals surface area contributed by atoms with Crippen molar-refractivity contribution < 1.29 is 29.3 Å². The van der Waals surface area contributed by atoms with Crippen LogP contribution in [0.2, 0.25) is 0 Å². The molecule has 8 nitrogen and oxygen atoms in total. The second-order valence-electron chi connectivity index (χ2n) is 16.8. The van der Waals surface area contributed by atoms with Gasteiger partial charge in [0.2, 0.25) is 0 Å². The van der Waals surface area contributed by atoms with Crippen molar-refractivity contribution in [1.29, 1.82) is 0 Å². The average Bonchev–Trinajstić information content (AvgIpc) is 3.45. The van der Waals surface area contributed by atoms with Crippen LogP contribution in [0.4, 0.5) is 4.79 Å². The van der Waals surface area contributed by atoms with E-state index in [0.717, 1.165) is 66.3 Å². The fourth-order valence-electron chi connectivity index (χ4n) is 9.60. The Morgan fingerprint density at radius 1 is 0.945 bits per heavy atom. The fraction of sp³-hybridized carbons (Fsp3) is 0.532. The van der Waals surface area contributed by atoms with Gasteiger partial charge in [-0.25, -0.2) is 4.79 Å². The molecule has 0 aromatic heterocycles. The summed E-state index contributed by atoms with van der Waals surface area (Å²) in [5.41, 5.74) is 3.80. The summed E-state index contributed by atoms with van der Waals surface area (Å²) >= 11 is 0. The quantitative estimate of drug-likeness (QED) is 0.141. The molecule has 2 amide bonds. The summed E-state index contributed by atoms with van der Waals surface area (Å²) in [7, 11) is 3.22. The maximum Gasteiger partial charge on any atom is 0.318 e. The number of ketones is 1. The summed E-state index contributed by atoms with van der Waals surface area (Å²) in [5.74, 6) is 1.34. The van der Waals surface area contributed by atoms with Gasteiger partial charge in [-0.05, 0) is 112 Å². The molecular formula is C47H62N2O6. The number of allylic oxidation sites excluding steroid dienone is 2. The van der Waals surface area contributed by atoms with Gasteiger partial charge in [-0.1, -0.05) is 80.3 Å². The molecular weight excluding hydrogens is 689 g/mol. The van der Waals surface area contributed by atoms with Gasteiger partial charge in [-0.2, -0.15) is 0 Å². The van der Waals surface area contributed by atoms with E-state index in [0.29, 0.717) is 43.6 Å². The average molecular weight is 751 g/mol. The molecule has 2 saturated carbocycles. The van der Waals surface area contributed by atoms with E-state index in [2.05, 4.69) is 43.4 Å². The Bertz CT molecular complexity index is 1820. The fourth-order valence-corrected chi connectivity index (χ4v) is 9.60. The number of rotatable bonds is 10. The minimum atomic E-state index is -1.27. The van der Waals surface area contributed by atoms with Gasteiger partial charge in [-0.3, -0.25) is 4.79 Å². The first-order valence-corrected chi connectivity index (χ1v) is 20.5. The van der Waals surface area contributed by atoms with Crippen LogP contribution in [0, 0.1) is 11.3 Å². The second kappa shape index (κ2) is 17.8. The molecule has 0 spiro atoms. The van der Waals surface area contributed by atoms with Crippen molar-refractivity contribution in [3.8, 4) is 11.5 Å². The smallest absolute Gasteiger partial charge is 0.318 e. The third kappa shape index (κ3) is 9.13. The van der Waals surface area contributed by atoms with E-state index in [1.165, 1.54) is 12.0 Å². The zero-order valence-corrected chi connectivity index (χ0v) is 33.6. The third-order valence-electron chi connectivity index (χ3n) is 13.1. The summed E-state index contributed by atoms with van der Waals surface area (Å²) in [5, 5.41) is 27.5. The molecule has 4 aliphatic carbocycles. The van der Waals surface area contributed by atoms with Gasteiger partial charge in [0, 0.05) is 28.5 Å². The van der Waals surface area contributed by atoms with Gasteiger partial charge in [0.1, 0.15) is 11.5 Å². The maximum atomic E-state index is 14.5. The van der Waals surface area contributed by atoms with Crippen LogP contribution in [0.15, 0.2) is 78.4 Å². The Kier molecular flexibility index (Phi) is 13.1. The number of benzene rings is 3. The Hall–Kier alpha value is -4.14. The van der Waals surface area contributed by atoms with Crippen molar-refractivity contribution in [1.82, 2.24) is 10.2 Å². The molecule has 0 saturated heterocycles. The first-order chi connectivity index (χ1) is 26.4. The van der Waals surface area contributed by atoms with Gasteiger partial charge in [0.15, 0.2) is 5.78 Å². The number of hydrogen-bond donors (Lipinski definition) is 3. The van der Waals surface area contributed by atoms with Crippen LogP contribution in [0.5, 0.6) is 11.5 Å².